The highest BCUT2D eigenvalue weighted by Crippen LogP contribution is 2.49. The van der Waals surface area contributed by atoms with Crippen molar-refractivity contribution in [3.63, 3.8) is 0 Å². The lowest BCUT2D eigenvalue weighted by atomic mass is 9.82. The van der Waals surface area contributed by atoms with Crippen LogP contribution in [0.25, 0.3) is 100 Å². The molecule has 4 nitrogen and oxygen atoms in total. The molecule has 10 aromatic rings. The first kappa shape index (κ1) is 32.3. The van der Waals surface area contributed by atoms with Crippen LogP contribution in [0.3, 0.4) is 0 Å². The first-order valence-corrected chi connectivity index (χ1v) is 19.1. The van der Waals surface area contributed by atoms with Gasteiger partial charge in [-0.15, -0.1) is 0 Å². The molecule has 0 unspecified atom stereocenters. The monoisotopic (exact) mass is 717 g/mol. The number of fused-ring (bicyclic) bond motifs is 7. The minimum absolute atomic E-state index is 0.0394. The lowest BCUT2D eigenvalue weighted by molar-refractivity contribution is 0.660. The number of hydrogen-bond donors (Lipinski definition) is 0. The number of rotatable bonds is 5. The van der Waals surface area contributed by atoms with Crippen LogP contribution in [0.2, 0.25) is 0 Å². The van der Waals surface area contributed by atoms with E-state index in [1.165, 1.54) is 27.6 Å². The third-order valence-electron chi connectivity index (χ3n) is 11.5. The van der Waals surface area contributed by atoms with Gasteiger partial charge in [-0.1, -0.05) is 153 Å². The van der Waals surface area contributed by atoms with E-state index < -0.39 is 0 Å². The van der Waals surface area contributed by atoms with E-state index in [1.54, 1.807) is 0 Å². The van der Waals surface area contributed by atoms with Crippen molar-refractivity contribution in [3.8, 4) is 67.5 Å². The van der Waals surface area contributed by atoms with Crippen molar-refractivity contribution in [1.82, 2.24) is 15.0 Å². The number of benzene rings is 8. The average molecular weight is 718 g/mol. The zero-order valence-corrected chi connectivity index (χ0v) is 31.0. The Labute approximate surface area is 324 Å². The molecule has 0 bridgehead atoms. The molecule has 264 valence electrons. The predicted octanol–water partition coefficient (Wildman–Crippen LogP) is 13.6. The van der Waals surface area contributed by atoms with Gasteiger partial charge in [0.1, 0.15) is 11.2 Å². The molecule has 1 aliphatic carbocycles. The van der Waals surface area contributed by atoms with Gasteiger partial charge in [0.2, 0.25) is 0 Å². The van der Waals surface area contributed by atoms with E-state index in [1.807, 2.05) is 12.1 Å². The molecule has 0 radical (unpaired) electrons. The first-order chi connectivity index (χ1) is 27.5. The van der Waals surface area contributed by atoms with Crippen molar-refractivity contribution in [3.05, 3.63) is 187 Å². The van der Waals surface area contributed by atoms with Gasteiger partial charge in [0, 0.05) is 32.9 Å². The molecule has 11 rings (SSSR count). The fourth-order valence-electron chi connectivity index (χ4n) is 8.65. The maximum absolute atomic E-state index is 6.51. The summed E-state index contributed by atoms with van der Waals surface area (Å²) in [6.07, 6.45) is 0. The SMILES string of the molecule is CC1(C)c2ccccc2-c2cc(-c3cccc(-c4nc(-c5ccc6ccccc6c5)nc(-c5ccc6c(c5)oc5cccc(-c7ccccc7)c56)n4)c3)ccc21. The smallest absolute Gasteiger partial charge is 0.164 e. The van der Waals surface area contributed by atoms with Crippen LogP contribution in [0.5, 0.6) is 0 Å². The Morgan fingerprint density at radius 3 is 1.80 bits per heavy atom. The van der Waals surface area contributed by atoms with Gasteiger partial charge in [0.15, 0.2) is 17.5 Å². The Kier molecular flexibility index (Phi) is 7.17. The van der Waals surface area contributed by atoms with Crippen molar-refractivity contribution in [2.75, 3.05) is 0 Å². The van der Waals surface area contributed by atoms with Crippen LogP contribution < -0.4 is 0 Å². The van der Waals surface area contributed by atoms with E-state index in [4.69, 9.17) is 19.4 Å². The number of hydrogen-bond acceptors (Lipinski definition) is 4. The molecular formula is C52H35N3O. The van der Waals surface area contributed by atoms with E-state index in [-0.39, 0.29) is 5.41 Å². The molecule has 2 heterocycles. The maximum atomic E-state index is 6.51. The molecule has 8 aromatic carbocycles. The molecule has 0 saturated carbocycles. The molecule has 0 N–H and O–H groups in total. The number of furan rings is 1. The molecule has 0 atom stereocenters. The summed E-state index contributed by atoms with van der Waals surface area (Å²) in [6, 6.07) is 62.0. The van der Waals surface area contributed by atoms with Crippen molar-refractivity contribution in [2.45, 2.75) is 19.3 Å². The van der Waals surface area contributed by atoms with Crippen molar-refractivity contribution >= 4 is 32.7 Å². The second kappa shape index (κ2) is 12.4. The van der Waals surface area contributed by atoms with Crippen molar-refractivity contribution in [1.29, 1.82) is 0 Å². The Hall–Kier alpha value is -7.17. The van der Waals surface area contributed by atoms with E-state index in [9.17, 15) is 0 Å². The quantitative estimate of drug-likeness (QED) is 0.178. The fourth-order valence-corrected chi connectivity index (χ4v) is 8.65. The molecular weight excluding hydrogens is 683 g/mol. The Bertz CT molecular complexity index is 3180. The summed E-state index contributed by atoms with van der Waals surface area (Å²) in [7, 11) is 0. The summed E-state index contributed by atoms with van der Waals surface area (Å²) in [6.45, 7) is 4.63. The van der Waals surface area contributed by atoms with E-state index >= 15 is 0 Å². The molecule has 0 aliphatic heterocycles. The van der Waals surface area contributed by atoms with Crippen LogP contribution in [0.1, 0.15) is 25.0 Å². The van der Waals surface area contributed by atoms with Gasteiger partial charge < -0.3 is 4.42 Å². The summed E-state index contributed by atoms with van der Waals surface area (Å²) < 4.78 is 6.51. The first-order valence-electron chi connectivity index (χ1n) is 19.1. The van der Waals surface area contributed by atoms with Crippen LogP contribution in [-0.4, -0.2) is 15.0 Å². The van der Waals surface area contributed by atoms with Crippen LogP contribution in [0.4, 0.5) is 0 Å². The molecule has 0 saturated heterocycles. The predicted molar refractivity (Wildman–Crippen MR) is 229 cm³/mol. The molecule has 0 fully saturated rings. The summed E-state index contributed by atoms with van der Waals surface area (Å²) in [5, 5.41) is 4.46. The van der Waals surface area contributed by atoms with Gasteiger partial charge in [-0.3, -0.25) is 0 Å². The highest BCUT2D eigenvalue weighted by molar-refractivity contribution is 6.13. The summed E-state index contributed by atoms with van der Waals surface area (Å²) in [5.41, 5.74) is 14.2. The van der Waals surface area contributed by atoms with Crippen LogP contribution in [0, 0.1) is 0 Å². The average Bonchev–Trinajstić information content (AvgIpc) is 3.75. The highest BCUT2D eigenvalue weighted by atomic mass is 16.3. The minimum Gasteiger partial charge on any atom is -0.456 e. The van der Waals surface area contributed by atoms with Crippen LogP contribution >= 0.6 is 0 Å². The summed E-state index contributed by atoms with van der Waals surface area (Å²) in [4.78, 5) is 15.4. The standard InChI is InChI=1S/C52H35N3O/c1-52(2)44-20-9-8-18-41(44)43-30-36(25-27-45(43)52)35-16-10-17-37(29-35)49-53-50(38-23-22-32-12-6-7-15-34(32)28-38)55-51(54-49)39-24-26-42-47(31-39)56-46-21-11-19-40(48(42)46)33-13-4-3-5-14-33/h3-31H,1-2H3. The van der Waals surface area contributed by atoms with Gasteiger partial charge >= 0.3 is 0 Å². The zero-order valence-electron chi connectivity index (χ0n) is 31.0. The van der Waals surface area contributed by atoms with Gasteiger partial charge in [0.05, 0.1) is 0 Å². The molecule has 4 heteroatoms. The van der Waals surface area contributed by atoms with Crippen LogP contribution in [-0.2, 0) is 5.41 Å². The van der Waals surface area contributed by atoms with E-state index in [0.29, 0.717) is 17.5 Å². The topological polar surface area (TPSA) is 51.8 Å². The largest absolute Gasteiger partial charge is 0.456 e. The van der Waals surface area contributed by atoms with Gasteiger partial charge in [-0.2, -0.15) is 0 Å². The lowest BCUT2D eigenvalue weighted by Crippen LogP contribution is -2.14. The molecule has 1 aliphatic rings. The second-order valence-electron chi connectivity index (χ2n) is 15.2. The summed E-state index contributed by atoms with van der Waals surface area (Å²) in [5.74, 6) is 1.82. The van der Waals surface area contributed by atoms with E-state index in [0.717, 1.165) is 66.3 Å². The van der Waals surface area contributed by atoms with Gasteiger partial charge in [-0.25, -0.2) is 15.0 Å². The molecule has 56 heavy (non-hydrogen) atoms. The Morgan fingerprint density at radius 1 is 0.375 bits per heavy atom. The molecule has 2 aromatic heterocycles. The van der Waals surface area contributed by atoms with Gasteiger partial charge in [-0.05, 0) is 91.7 Å². The molecule has 0 amide bonds. The number of nitrogens with zero attached hydrogens (tertiary/aromatic N) is 3. The zero-order chi connectivity index (χ0) is 37.4. The van der Waals surface area contributed by atoms with Crippen molar-refractivity contribution < 1.29 is 4.42 Å². The number of aromatic nitrogens is 3. The Morgan fingerprint density at radius 2 is 0.964 bits per heavy atom. The van der Waals surface area contributed by atoms with Crippen LogP contribution in [0.15, 0.2) is 180 Å². The second-order valence-corrected chi connectivity index (χ2v) is 15.2. The van der Waals surface area contributed by atoms with Gasteiger partial charge in [0.25, 0.3) is 0 Å². The fraction of sp³-hybridized carbons (Fsp3) is 0.0577. The third-order valence-corrected chi connectivity index (χ3v) is 11.5. The highest BCUT2D eigenvalue weighted by Gasteiger charge is 2.35. The third kappa shape index (κ3) is 5.18. The summed E-state index contributed by atoms with van der Waals surface area (Å²) >= 11 is 0. The lowest BCUT2D eigenvalue weighted by Gasteiger charge is -2.21. The minimum atomic E-state index is -0.0394. The van der Waals surface area contributed by atoms with E-state index in [2.05, 4.69) is 178 Å². The molecule has 0 spiro atoms. The normalized spacial score (nSPS) is 13.0. The Balaban J connectivity index is 1.05. The van der Waals surface area contributed by atoms with Crippen molar-refractivity contribution in [2.24, 2.45) is 0 Å². The maximum Gasteiger partial charge on any atom is 0.164 e.